The van der Waals surface area contributed by atoms with Crippen LogP contribution in [0.4, 0.5) is 8.78 Å². The number of aliphatic hydroxyl groups is 2. The molecule has 6 heterocycles. The second-order valence-electron chi connectivity index (χ2n) is 33.8. The first kappa shape index (κ1) is 77.3. The van der Waals surface area contributed by atoms with Crippen LogP contribution in [0.5, 0.6) is 0 Å². The van der Waals surface area contributed by atoms with Crippen molar-refractivity contribution in [2.75, 3.05) is 65.6 Å². The summed E-state index contributed by atoms with van der Waals surface area (Å²) in [6, 6.07) is 3.01. The molecule has 0 radical (unpaired) electrons. The number of halogens is 2. The Balaban J connectivity index is 0.000000265. The summed E-state index contributed by atoms with van der Waals surface area (Å²) in [5.74, 6) is 1.65. The Bertz CT molecular complexity index is 1670. The Morgan fingerprint density at radius 2 is 0.690 bits per heavy atom. The molecule has 0 spiro atoms. The molecule has 0 bridgehead atoms. The Kier molecular flexibility index (Phi) is 33.3. The molecule has 2 N–H and O–H groups in total. The minimum atomic E-state index is -2.12. The number of likely N-dealkylation sites (tertiary alicyclic amines) is 6. The molecule has 0 aromatic carbocycles. The van der Waals surface area contributed by atoms with Crippen LogP contribution >= 0.6 is 0 Å². The highest BCUT2D eigenvalue weighted by atomic mass is 19.3. The zero-order chi connectivity index (χ0) is 63.2. The molecule has 0 unspecified atom stereocenters. The van der Waals surface area contributed by atoms with E-state index in [1.54, 1.807) is 0 Å². The van der Waals surface area contributed by atoms with Crippen molar-refractivity contribution < 1.29 is 19.0 Å². The lowest BCUT2D eigenvalue weighted by Crippen LogP contribution is -2.53. The highest BCUT2D eigenvalue weighted by Crippen LogP contribution is 2.39. The quantitative estimate of drug-likeness (QED) is 0.245. The van der Waals surface area contributed by atoms with Crippen molar-refractivity contribution in [3.63, 3.8) is 0 Å². The molecular formula is C73H143F2N7O2. The summed E-state index contributed by atoms with van der Waals surface area (Å²) < 4.78 is 24.7. The summed E-state index contributed by atoms with van der Waals surface area (Å²) in [7, 11) is 0. The first-order valence-electron chi connectivity index (χ1n) is 35.5. The van der Waals surface area contributed by atoms with E-state index in [1.807, 2.05) is 0 Å². The minimum absolute atomic E-state index is 0.0816. The molecule has 2 saturated carbocycles. The number of hydrogen-bond donors (Lipinski definition) is 2. The Hall–Kier alpha value is -0.970. The normalized spacial score (nSPS) is 27.0. The van der Waals surface area contributed by atoms with Gasteiger partial charge in [0.25, 0.3) is 0 Å². The van der Waals surface area contributed by atoms with Gasteiger partial charge in [0.05, 0.1) is 0 Å². The van der Waals surface area contributed by atoms with E-state index in [1.165, 1.54) is 167 Å². The largest absolute Gasteiger partial charge is 0.396 e. The second kappa shape index (κ2) is 36.2. The van der Waals surface area contributed by atoms with E-state index in [0.717, 1.165) is 75.8 Å². The third kappa shape index (κ3) is 27.2. The van der Waals surface area contributed by atoms with Crippen LogP contribution in [0.25, 0.3) is 4.85 Å². The molecule has 8 rings (SSSR count). The molecule has 6 aliphatic heterocycles. The predicted molar refractivity (Wildman–Crippen MR) is 359 cm³/mol. The Morgan fingerprint density at radius 3 is 0.976 bits per heavy atom. The van der Waals surface area contributed by atoms with Crippen molar-refractivity contribution in [3.8, 4) is 0 Å². The number of hydrogen-bond acceptors (Lipinski definition) is 8. The van der Waals surface area contributed by atoms with E-state index in [4.69, 9.17) is 16.8 Å². The molecule has 84 heavy (non-hydrogen) atoms. The van der Waals surface area contributed by atoms with Gasteiger partial charge in [-0.15, -0.1) is 0 Å². The Morgan fingerprint density at radius 1 is 0.393 bits per heavy atom. The molecule has 8 aliphatic rings. The first-order chi connectivity index (χ1) is 39.1. The monoisotopic (exact) mass is 1190 g/mol. The van der Waals surface area contributed by atoms with Gasteiger partial charge in [0, 0.05) is 109 Å². The van der Waals surface area contributed by atoms with Crippen molar-refractivity contribution >= 4 is 0 Å². The molecular weight excluding hydrogens is 1040 g/mol. The van der Waals surface area contributed by atoms with Crippen LogP contribution in [0.3, 0.4) is 0 Å². The molecule has 6 saturated heterocycles. The molecule has 496 valence electrons. The van der Waals surface area contributed by atoms with E-state index in [2.05, 4.69) is 166 Å². The lowest BCUT2D eigenvalue weighted by molar-refractivity contribution is 0.0102. The first-order valence-corrected chi connectivity index (χ1v) is 35.5. The van der Waals surface area contributed by atoms with E-state index < -0.39 is 6.43 Å². The number of nitrogens with zero attached hydrogens (tertiary/aromatic N) is 7. The highest BCUT2D eigenvalue weighted by molar-refractivity contribution is 5.00. The highest BCUT2D eigenvalue weighted by Gasteiger charge is 2.40. The maximum atomic E-state index is 12.3. The van der Waals surface area contributed by atoms with Crippen LogP contribution in [-0.2, 0) is 0 Å². The van der Waals surface area contributed by atoms with Crippen LogP contribution in [0.2, 0.25) is 0 Å². The molecule has 0 aromatic heterocycles. The van der Waals surface area contributed by atoms with Crippen LogP contribution in [0, 0.1) is 24.3 Å². The average molecular weight is 1190 g/mol. The second-order valence-corrected chi connectivity index (χ2v) is 33.8. The number of piperidine rings is 6. The minimum Gasteiger partial charge on any atom is -0.396 e. The van der Waals surface area contributed by atoms with Crippen LogP contribution < -0.4 is 0 Å². The zero-order valence-corrected chi connectivity index (χ0v) is 59.3. The maximum absolute atomic E-state index is 12.3. The van der Waals surface area contributed by atoms with E-state index >= 15 is 0 Å². The van der Waals surface area contributed by atoms with Gasteiger partial charge < -0.3 is 15.1 Å². The molecule has 11 heteroatoms. The van der Waals surface area contributed by atoms with Gasteiger partial charge in [-0.1, -0.05) is 64.2 Å². The van der Waals surface area contributed by atoms with E-state index in [-0.39, 0.29) is 33.6 Å². The van der Waals surface area contributed by atoms with E-state index in [9.17, 15) is 8.78 Å². The number of alkyl halides is 2. The molecule has 2 aliphatic carbocycles. The lowest BCUT2D eigenvalue weighted by Gasteiger charge is -2.48. The van der Waals surface area contributed by atoms with Gasteiger partial charge in [-0.25, -0.2) is 15.4 Å². The van der Waals surface area contributed by atoms with Crippen molar-refractivity contribution in [1.29, 1.82) is 0 Å². The van der Waals surface area contributed by atoms with Crippen LogP contribution in [0.15, 0.2) is 0 Å². The summed E-state index contributed by atoms with van der Waals surface area (Å²) in [5, 5.41) is 18.0. The van der Waals surface area contributed by atoms with Crippen molar-refractivity contribution in [1.82, 2.24) is 29.4 Å². The fourth-order valence-electron chi connectivity index (χ4n) is 15.9. The van der Waals surface area contributed by atoms with Gasteiger partial charge in [0.2, 0.25) is 12.0 Å². The van der Waals surface area contributed by atoms with Gasteiger partial charge in [0.15, 0.2) is 0 Å². The third-order valence-electron chi connectivity index (χ3n) is 21.0. The molecule has 9 nitrogen and oxygen atoms in total. The lowest BCUT2D eigenvalue weighted by atomic mass is 9.78. The fraction of sp³-hybridized carbons (Fsp3) is 0.986. The zero-order valence-electron chi connectivity index (χ0n) is 59.3. The predicted octanol–water partition coefficient (Wildman–Crippen LogP) is 17.8. The summed E-state index contributed by atoms with van der Waals surface area (Å²) in [4.78, 5) is 19.2. The summed E-state index contributed by atoms with van der Waals surface area (Å²) >= 11 is 0. The molecule has 0 amide bonds. The summed E-state index contributed by atoms with van der Waals surface area (Å²) in [6.45, 7) is 59.8. The molecule has 8 fully saturated rings. The Labute approximate surface area is 521 Å². The van der Waals surface area contributed by atoms with Crippen molar-refractivity contribution in [2.24, 2.45) is 17.8 Å². The van der Waals surface area contributed by atoms with Crippen LogP contribution in [-0.4, -0.2) is 175 Å². The van der Waals surface area contributed by atoms with Gasteiger partial charge >= 0.3 is 0 Å². The number of aliphatic hydroxyl groups excluding tert-OH is 2. The smallest absolute Gasteiger partial charge is 0.241 e. The van der Waals surface area contributed by atoms with Crippen molar-refractivity contribution in [2.45, 2.75) is 381 Å². The van der Waals surface area contributed by atoms with Gasteiger partial charge in [-0.05, 0) is 278 Å². The molecule has 4 atom stereocenters. The van der Waals surface area contributed by atoms with Crippen molar-refractivity contribution in [3.05, 3.63) is 11.4 Å². The SMILES string of the molecule is CC(C)(C)N1CCC(C(F)F)CC1.CC(C)(C)N1CCCC[C@@H]1C1CCCCC1.CC(C)(C)N1CCCC[C@@H]1CCO.CC(C)(C)N1CCCC[C@H]1C1CCCCC1.CC(C)(C)N1CCCC[C@H]1CCO.[C-]#[N+]C1(C)CCN(C(C)(C)C)CC1. The van der Waals surface area contributed by atoms with Gasteiger partial charge in [0.1, 0.15) is 0 Å². The number of rotatable bonds is 7. The molecule has 0 aromatic rings. The summed E-state index contributed by atoms with van der Waals surface area (Å²) in [6.07, 6.45) is 34.5. The third-order valence-corrected chi connectivity index (χ3v) is 21.0. The maximum Gasteiger partial charge on any atom is 0.241 e. The van der Waals surface area contributed by atoms with Gasteiger partial charge in [-0.2, -0.15) is 0 Å². The fourth-order valence-corrected chi connectivity index (χ4v) is 15.9. The van der Waals surface area contributed by atoms with E-state index in [0.29, 0.717) is 49.2 Å². The standard InChI is InChI=1S/2C15H29N.C11H20N2.2C11H23NO.C10H19F2N/c2*1-15(2,3)16-12-8-7-11-14(16)13-9-5-4-6-10-13;1-10(2,3)13-8-6-11(4,12-5)7-9-13;2*1-11(2,3)12-8-5-4-6-10(12)7-9-13;1-10(2,3)13-6-4-8(5-7-13)9(11)12/h2*13-14H,4-12H2,1-3H3;6-9H2,1-4H3;2*10,13H,4-9H2,1-3H3;8-9H,4-7H2,1-3H3/t2*14-;;2*10-;/m10.10./s1. The van der Waals surface area contributed by atoms with Crippen LogP contribution in [0.1, 0.15) is 311 Å². The average Bonchev–Trinajstić information content (AvgIpc) is 3.01. The summed E-state index contributed by atoms with van der Waals surface area (Å²) in [5.41, 5.74) is 1.60. The van der Waals surface area contributed by atoms with Gasteiger partial charge in [-0.3, -0.25) is 29.4 Å². The topological polar surface area (TPSA) is 64.3 Å².